The Hall–Kier alpha value is -3.61. The maximum absolute atomic E-state index is 14.0. The summed E-state index contributed by atoms with van der Waals surface area (Å²) in [6.07, 6.45) is -6.06. The Kier molecular flexibility index (Phi) is 13.7. The molecule has 3 aromatic rings. The molecular formula is C39H53N3O11S2. The maximum Gasteiger partial charge on any atom is 0.321 e. The minimum atomic E-state index is -4.43. The molecule has 2 aliphatic heterocycles. The van der Waals surface area contributed by atoms with Gasteiger partial charge in [-0.2, -0.15) is 8.42 Å². The van der Waals surface area contributed by atoms with E-state index < -0.39 is 79.8 Å². The van der Waals surface area contributed by atoms with Crippen LogP contribution in [0, 0.1) is 5.41 Å². The molecule has 55 heavy (non-hydrogen) atoms. The van der Waals surface area contributed by atoms with E-state index in [0.29, 0.717) is 29.7 Å². The molecule has 0 aromatic heterocycles. The number of aliphatic hydroxyl groups is 3. The largest absolute Gasteiger partial charge is 0.392 e. The van der Waals surface area contributed by atoms with E-state index in [1.807, 2.05) is 38.9 Å². The lowest BCUT2D eigenvalue weighted by Gasteiger charge is -2.42. The molecule has 0 radical (unpaired) electrons. The molecule has 302 valence electrons. The van der Waals surface area contributed by atoms with Crippen LogP contribution in [0.25, 0.3) is 0 Å². The third-order valence-corrected chi connectivity index (χ3v) is 13.5. The van der Waals surface area contributed by atoms with Crippen molar-refractivity contribution >= 4 is 37.4 Å². The summed E-state index contributed by atoms with van der Waals surface area (Å²) in [5.74, 6) is -1.72. The van der Waals surface area contributed by atoms with Crippen LogP contribution in [0.3, 0.4) is 0 Å². The molecular weight excluding hydrogens is 751 g/mol. The highest BCUT2D eigenvalue weighted by molar-refractivity contribution is 7.91. The number of hydrogen-bond acceptors (Lipinski definition) is 11. The summed E-state index contributed by atoms with van der Waals surface area (Å²) in [5, 5.41) is 39.9. The SMILES string of the molecule is CCCC[C@]1(CC)CS(=O)(=O)c2ccc(N(C)C)cc2[C@@H](c2cccc(NC(=O)N[C@@H]3O[C@H](CCS(=O)(=O)O)[C@@H](O)[C@H](OCc4ccccc4)[C@H]3O)c2)[C@H]1O. The monoisotopic (exact) mass is 803 g/mol. The van der Waals surface area contributed by atoms with Gasteiger partial charge in [0.25, 0.3) is 10.1 Å². The number of rotatable bonds is 14. The molecule has 2 aliphatic rings. The number of ether oxygens (including phenoxy) is 2. The number of nitrogens with one attached hydrogen (secondary N) is 2. The highest BCUT2D eigenvalue weighted by Crippen LogP contribution is 2.49. The fourth-order valence-corrected chi connectivity index (χ4v) is 10.4. The quantitative estimate of drug-likeness (QED) is 0.128. The lowest BCUT2D eigenvalue weighted by molar-refractivity contribution is -0.241. The molecule has 1 fully saturated rings. The summed E-state index contributed by atoms with van der Waals surface area (Å²) >= 11 is 0. The molecule has 0 aliphatic carbocycles. The molecule has 0 spiro atoms. The highest BCUT2D eigenvalue weighted by Gasteiger charge is 2.49. The van der Waals surface area contributed by atoms with Crippen LogP contribution in [0.15, 0.2) is 77.7 Å². The van der Waals surface area contributed by atoms with Gasteiger partial charge in [-0.15, -0.1) is 0 Å². The Bertz CT molecular complexity index is 2000. The van der Waals surface area contributed by atoms with Crippen LogP contribution in [0.4, 0.5) is 16.2 Å². The van der Waals surface area contributed by atoms with E-state index in [2.05, 4.69) is 10.6 Å². The van der Waals surface area contributed by atoms with Crippen molar-refractivity contribution < 1.29 is 51.0 Å². The van der Waals surface area contributed by atoms with Crippen molar-refractivity contribution in [3.63, 3.8) is 0 Å². The van der Waals surface area contributed by atoms with E-state index in [1.165, 1.54) is 0 Å². The Morgan fingerprint density at radius 3 is 2.38 bits per heavy atom. The number of hydrogen-bond donors (Lipinski definition) is 6. The van der Waals surface area contributed by atoms with Crippen molar-refractivity contribution in [2.75, 3.05) is 35.8 Å². The molecule has 14 nitrogen and oxygen atoms in total. The van der Waals surface area contributed by atoms with Crippen molar-refractivity contribution in [2.45, 2.75) is 100 Å². The molecule has 16 heteroatoms. The van der Waals surface area contributed by atoms with Crippen molar-refractivity contribution in [1.29, 1.82) is 0 Å². The van der Waals surface area contributed by atoms with Gasteiger partial charge in [-0.1, -0.05) is 69.2 Å². The van der Waals surface area contributed by atoms with Crippen LogP contribution in [0.1, 0.15) is 68.6 Å². The highest BCUT2D eigenvalue weighted by atomic mass is 32.2. The summed E-state index contributed by atoms with van der Waals surface area (Å²) in [7, 11) is -4.54. The summed E-state index contributed by atoms with van der Waals surface area (Å²) < 4.78 is 72.2. The number of nitrogens with zero attached hydrogens (tertiary/aromatic N) is 1. The van der Waals surface area contributed by atoms with Gasteiger partial charge in [0.1, 0.15) is 18.3 Å². The predicted molar refractivity (Wildman–Crippen MR) is 208 cm³/mol. The third kappa shape index (κ3) is 10.0. The first kappa shape index (κ1) is 42.5. The van der Waals surface area contributed by atoms with E-state index in [1.54, 1.807) is 66.7 Å². The number of benzene rings is 3. The Morgan fingerprint density at radius 2 is 1.73 bits per heavy atom. The van der Waals surface area contributed by atoms with Crippen LogP contribution < -0.4 is 15.5 Å². The number of carbonyl (C=O) groups is 1. The van der Waals surface area contributed by atoms with Crippen LogP contribution >= 0.6 is 0 Å². The summed E-state index contributed by atoms with van der Waals surface area (Å²) in [6.45, 7) is 3.91. The number of anilines is 2. The second-order valence-corrected chi connectivity index (χ2v) is 18.3. The average Bonchev–Trinajstić information content (AvgIpc) is 3.21. The molecule has 0 bridgehead atoms. The molecule has 0 saturated carbocycles. The van der Waals surface area contributed by atoms with Gasteiger partial charge in [0.2, 0.25) is 0 Å². The van der Waals surface area contributed by atoms with E-state index in [0.717, 1.165) is 24.1 Å². The van der Waals surface area contributed by atoms with Gasteiger partial charge < -0.3 is 40.3 Å². The van der Waals surface area contributed by atoms with Gasteiger partial charge >= 0.3 is 6.03 Å². The Labute approximate surface area is 323 Å². The van der Waals surface area contributed by atoms with Crippen LogP contribution in [0.2, 0.25) is 0 Å². The maximum atomic E-state index is 14.0. The topological polar surface area (TPSA) is 212 Å². The van der Waals surface area contributed by atoms with Crippen LogP contribution in [0.5, 0.6) is 0 Å². The normalized spacial score (nSPS) is 27.7. The van der Waals surface area contributed by atoms with Gasteiger partial charge in [0, 0.05) is 36.8 Å². The minimum absolute atomic E-state index is 0.0123. The van der Waals surface area contributed by atoms with Crippen molar-refractivity contribution in [3.8, 4) is 0 Å². The summed E-state index contributed by atoms with van der Waals surface area (Å²) in [5.41, 5.74) is 1.88. The first-order valence-corrected chi connectivity index (χ1v) is 21.8. The summed E-state index contributed by atoms with van der Waals surface area (Å²) in [4.78, 5) is 15.5. The molecule has 6 N–H and O–H groups in total. The average molecular weight is 804 g/mol. The number of aliphatic hydroxyl groups excluding tert-OH is 3. The third-order valence-electron chi connectivity index (χ3n) is 10.7. The zero-order valence-corrected chi connectivity index (χ0v) is 33.2. The number of amides is 2. The number of sulfone groups is 1. The predicted octanol–water partition coefficient (Wildman–Crippen LogP) is 4.05. The first-order chi connectivity index (χ1) is 26.0. The van der Waals surface area contributed by atoms with Crippen molar-refractivity contribution in [1.82, 2.24) is 5.32 Å². The van der Waals surface area contributed by atoms with E-state index in [9.17, 15) is 41.5 Å². The fraction of sp³-hybridized carbons (Fsp3) is 0.513. The molecule has 3 aromatic carbocycles. The lowest BCUT2D eigenvalue weighted by atomic mass is 9.69. The Balaban J connectivity index is 1.43. The minimum Gasteiger partial charge on any atom is -0.392 e. The van der Waals surface area contributed by atoms with E-state index >= 15 is 0 Å². The van der Waals surface area contributed by atoms with E-state index in [-0.39, 0.29) is 23.7 Å². The Morgan fingerprint density at radius 1 is 1.00 bits per heavy atom. The molecule has 2 heterocycles. The number of carbonyl (C=O) groups excluding carboxylic acids is 1. The van der Waals surface area contributed by atoms with Crippen LogP contribution in [-0.4, -0.2) is 105 Å². The smallest absolute Gasteiger partial charge is 0.321 e. The van der Waals surface area contributed by atoms with E-state index in [4.69, 9.17) is 9.47 Å². The molecule has 1 saturated heterocycles. The zero-order valence-electron chi connectivity index (χ0n) is 31.5. The molecule has 2 amide bonds. The van der Waals surface area contributed by atoms with Gasteiger partial charge in [0.05, 0.1) is 35.2 Å². The van der Waals surface area contributed by atoms with Gasteiger partial charge in [-0.05, 0) is 66.3 Å². The number of unbranched alkanes of at least 4 members (excludes halogenated alkanes) is 1. The molecule has 8 atom stereocenters. The summed E-state index contributed by atoms with van der Waals surface area (Å²) in [6, 6.07) is 20.0. The molecule has 5 rings (SSSR count). The number of urea groups is 1. The van der Waals surface area contributed by atoms with Gasteiger partial charge in [-0.3, -0.25) is 4.55 Å². The van der Waals surface area contributed by atoms with Gasteiger partial charge in [-0.25, -0.2) is 13.2 Å². The van der Waals surface area contributed by atoms with Crippen molar-refractivity contribution in [3.05, 3.63) is 89.5 Å². The second-order valence-electron chi connectivity index (χ2n) is 14.8. The fourth-order valence-electron chi connectivity index (χ4n) is 7.63. The lowest BCUT2D eigenvalue weighted by Crippen LogP contribution is -2.63. The first-order valence-electron chi connectivity index (χ1n) is 18.5. The van der Waals surface area contributed by atoms with Gasteiger partial charge in [0.15, 0.2) is 16.1 Å². The van der Waals surface area contributed by atoms with Crippen molar-refractivity contribution in [2.24, 2.45) is 5.41 Å². The second kappa shape index (κ2) is 17.7. The molecule has 0 unspecified atom stereocenters. The number of fused-ring (bicyclic) bond motifs is 1. The van der Waals surface area contributed by atoms with Crippen LogP contribution in [-0.2, 0) is 36.0 Å². The standard InChI is InChI=1S/C39H53N3O11S2/c1-5-7-19-39(6-2)24-54(47,48)31-17-16-28(42(3)4)22-29(31)32(36(39)45)26-14-11-15-27(21-26)40-38(46)41-37-34(44)35(52-23-25-12-9-8-10-13-25)33(43)30(53-37)18-20-55(49,50)51/h8-17,21-22,30,32-37,43-45H,5-7,18-20,23-24H2,1-4H3,(H2,40,41,46)(H,49,50,51)/t30-,32-,33-,34-,35+,36-,37-,39-/m1/s1. The zero-order chi connectivity index (χ0) is 40.1.